The summed E-state index contributed by atoms with van der Waals surface area (Å²) in [7, 11) is 1.71. The number of rotatable bonds is 10. The molecule has 3 heterocycles. The van der Waals surface area contributed by atoms with Crippen LogP contribution in [0.5, 0.6) is 5.75 Å². The Bertz CT molecular complexity index is 1430. The number of hydrogen-bond acceptors (Lipinski definition) is 10. The number of halogens is 4. The molecule has 0 saturated carbocycles. The normalized spacial score (nSPS) is 17.7. The van der Waals surface area contributed by atoms with Crippen LogP contribution in [0, 0.1) is 6.92 Å². The predicted octanol–water partition coefficient (Wildman–Crippen LogP) is 3.31. The largest absolute Gasteiger partial charge is 0.491 e. The number of alkyl halides is 3. The number of aliphatic hydroxyl groups excluding tert-OH is 1. The van der Waals surface area contributed by atoms with Crippen LogP contribution in [-0.2, 0) is 9.53 Å². The molecule has 2 aromatic rings. The molecule has 2 saturated heterocycles. The molecule has 2 aliphatic rings. The molecule has 43 heavy (non-hydrogen) atoms. The van der Waals surface area contributed by atoms with Gasteiger partial charge in [-0.25, -0.2) is 14.8 Å². The van der Waals surface area contributed by atoms with Crippen molar-refractivity contribution in [3.63, 3.8) is 0 Å². The Morgan fingerprint density at radius 3 is 2.58 bits per heavy atom. The number of amides is 1. The van der Waals surface area contributed by atoms with Gasteiger partial charge in [0.05, 0.1) is 29.4 Å². The second-order valence-corrected chi connectivity index (χ2v) is 11.2. The van der Waals surface area contributed by atoms with Crippen LogP contribution in [-0.4, -0.2) is 96.1 Å². The van der Waals surface area contributed by atoms with Gasteiger partial charge in [-0.3, -0.25) is 9.69 Å². The van der Waals surface area contributed by atoms with E-state index in [0.717, 1.165) is 0 Å². The van der Waals surface area contributed by atoms with E-state index in [0.29, 0.717) is 39.2 Å². The average molecular weight is 627 g/mol. The SMILES string of the molecule is CNC[C@@H](O)COc1ccc(Cl)c(-c2nc(C(C(C)=O)=C(C)N)c(C)c(N3CC4(CCN(CC(F)(F)F)C(=O)O4)C3)n2)c1. The molecule has 1 amide bonds. The number of Topliss-reactive ketones (excluding diaryl/α,β-unsaturated/α-hetero) is 1. The second-order valence-electron chi connectivity index (χ2n) is 10.8. The van der Waals surface area contributed by atoms with Crippen LogP contribution in [0.2, 0.25) is 5.02 Å². The molecule has 2 fully saturated rings. The number of nitrogens with two attached hydrogens (primary N) is 1. The molecule has 4 N–H and O–H groups in total. The fourth-order valence-electron chi connectivity index (χ4n) is 5.17. The maximum Gasteiger partial charge on any atom is 0.410 e. The smallest absolute Gasteiger partial charge is 0.410 e. The molecule has 0 bridgehead atoms. The van der Waals surface area contributed by atoms with Crippen LogP contribution in [0.3, 0.4) is 0 Å². The third-order valence-electron chi connectivity index (χ3n) is 7.19. The van der Waals surface area contributed by atoms with Crippen LogP contribution >= 0.6 is 11.6 Å². The van der Waals surface area contributed by atoms with E-state index in [1.165, 1.54) is 6.92 Å². The van der Waals surface area contributed by atoms with Crippen molar-refractivity contribution in [2.75, 3.05) is 51.3 Å². The average Bonchev–Trinajstić information content (AvgIpc) is 2.88. The standard InChI is InChI=1S/C28H34ClF3N6O5/c1-15-23(22(16(2)33)17(3)39)35-24(20-9-19(5-6-21(20)29)42-11-18(40)10-34-4)36-25(15)38-12-27(13-38)7-8-37(26(41)43-27)14-28(30,31)32/h5-6,9,18,34,40H,7-8,10-14,33H2,1-4H3/t18-/m1/s1. The Balaban J connectivity index is 1.68. The Labute approximate surface area is 251 Å². The number of allylic oxidation sites excluding steroid dienone is 2. The van der Waals surface area contributed by atoms with Gasteiger partial charge in [-0.2, -0.15) is 13.2 Å². The Morgan fingerprint density at radius 1 is 1.30 bits per heavy atom. The summed E-state index contributed by atoms with van der Waals surface area (Å²) in [5.41, 5.74) is 6.79. The Morgan fingerprint density at radius 2 is 2.00 bits per heavy atom. The highest BCUT2D eigenvalue weighted by Crippen LogP contribution is 2.40. The first kappa shape index (κ1) is 32.3. The van der Waals surface area contributed by atoms with Gasteiger partial charge in [-0.05, 0) is 46.0 Å². The summed E-state index contributed by atoms with van der Waals surface area (Å²) in [6, 6.07) is 4.86. The molecule has 1 aromatic heterocycles. The van der Waals surface area contributed by atoms with Crippen LogP contribution in [0.15, 0.2) is 23.9 Å². The van der Waals surface area contributed by atoms with Crippen molar-refractivity contribution in [2.45, 2.75) is 45.1 Å². The molecule has 1 spiro atoms. The van der Waals surface area contributed by atoms with E-state index in [4.69, 9.17) is 31.8 Å². The number of hydrogen-bond donors (Lipinski definition) is 3. The minimum atomic E-state index is -4.53. The highest BCUT2D eigenvalue weighted by atomic mass is 35.5. The monoisotopic (exact) mass is 626 g/mol. The summed E-state index contributed by atoms with van der Waals surface area (Å²) in [5, 5.41) is 13.2. The van der Waals surface area contributed by atoms with Gasteiger partial charge < -0.3 is 30.5 Å². The van der Waals surface area contributed by atoms with Gasteiger partial charge >= 0.3 is 12.3 Å². The van der Waals surface area contributed by atoms with Crippen LogP contribution in [0.1, 0.15) is 31.5 Å². The number of nitrogens with zero attached hydrogens (tertiary/aromatic N) is 4. The summed E-state index contributed by atoms with van der Waals surface area (Å²) in [6.45, 7) is 3.92. The van der Waals surface area contributed by atoms with E-state index < -0.39 is 30.5 Å². The summed E-state index contributed by atoms with van der Waals surface area (Å²) in [5.74, 6) is 0.678. The molecule has 15 heteroatoms. The van der Waals surface area contributed by atoms with Crippen molar-refractivity contribution in [3.05, 3.63) is 40.2 Å². The van der Waals surface area contributed by atoms with Gasteiger partial charge in [0, 0.05) is 36.3 Å². The first-order chi connectivity index (χ1) is 20.1. The van der Waals surface area contributed by atoms with Crippen LogP contribution < -0.4 is 20.7 Å². The number of aliphatic hydroxyl groups is 1. The molecular formula is C28H34ClF3N6O5. The van der Waals surface area contributed by atoms with Crippen molar-refractivity contribution in [2.24, 2.45) is 5.73 Å². The Hall–Kier alpha value is -3.62. The maximum atomic E-state index is 12.8. The first-order valence-electron chi connectivity index (χ1n) is 13.5. The number of ether oxygens (including phenoxy) is 2. The number of carbonyl (C=O) groups excluding carboxylic acids is 2. The van der Waals surface area contributed by atoms with E-state index in [-0.39, 0.29) is 61.2 Å². The lowest BCUT2D eigenvalue weighted by atomic mass is 9.88. The van der Waals surface area contributed by atoms with Crippen molar-refractivity contribution in [1.82, 2.24) is 20.2 Å². The van der Waals surface area contributed by atoms with Gasteiger partial charge in [-0.15, -0.1) is 0 Å². The van der Waals surface area contributed by atoms with Gasteiger partial charge in [0.25, 0.3) is 0 Å². The highest BCUT2D eigenvalue weighted by molar-refractivity contribution is 6.33. The topological polar surface area (TPSA) is 143 Å². The van der Waals surface area contributed by atoms with Crippen molar-refractivity contribution in [1.29, 1.82) is 0 Å². The van der Waals surface area contributed by atoms with E-state index in [1.54, 1.807) is 39.1 Å². The molecule has 234 valence electrons. The molecule has 2 aliphatic heterocycles. The zero-order valence-corrected chi connectivity index (χ0v) is 25.0. The highest BCUT2D eigenvalue weighted by Gasteiger charge is 2.52. The number of ketones is 1. The van der Waals surface area contributed by atoms with E-state index in [2.05, 4.69) is 10.3 Å². The summed E-state index contributed by atoms with van der Waals surface area (Å²) < 4.78 is 49.8. The zero-order chi connectivity index (χ0) is 31.7. The molecule has 0 unspecified atom stereocenters. The van der Waals surface area contributed by atoms with E-state index >= 15 is 0 Å². The van der Waals surface area contributed by atoms with Crippen molar-refractivity contribution in [3.8, 4) is 17.1 Å². The van der Waals surface area contributed by atoms with Crippen molar-refractivity contribution < 1.29 is 37.3 Å². The molecule has 1 atom stereocenters. The third-order valence-corrected chi connectivity index (χ3v) is 7.52. The molecule has 0 radical (unpaired) electrons. The quantitative estimate of drug-likeness (QED) is 0.336. The summed E-state index contributed by atoms with van der Waals surface area (Å²) in [4.78, 5) is 36.9. The molecule has 11 nitrogen and oxygen atoms in total. The minimum absolute atomic E-state index is 0.0196. The number of likely N-dealkylation sites (N-methyl/N-ethyl adjacent to an activating group) is 1. The fourth-order valence-corrected chi connectivity index (χ4v) is 5.37. The van der Waals surface area contributed by atoms with Crippen LogP contribution in [0.25, 0.3) is 17.0 Å². The first-order valence-corrected chi connectivity index (χ1v) is 13.9. The number of aromatic nitrogens is 2. The lowest BCUT2D eigenvalue weighted by molar-refractivity contribution is -0.155. The molecular weight excluding hydrogens is 593 g/mol. The number of anilines is 1. The minimum Gasteiger partial charge on any atom is -0.491 e. The molecule has 4 rings (SSSR count). The molecule has 1 aromatic carbocycles. The van der Waals surface area contributed by atoms with Gasteiger partial charge in [0.2, 0.25) is 0 Å². The van der Waals surface area contributed by atoms with Gasteiger partial charge in [0.15, 0.2) is 17.2 Å². The zero-order valence-electron chi connectivity index (χ0n) is 24.2. The van der Waals surface area contributed by atoms with Crippen LogP contribution in [0.4, 0.5) is 23.8 Å². The fraction of sp³-hybridized carbons (Fsp3) is 0.500. The van der Waals surface area contributed by atoms with Gasteiger partial charge in [-0.1, -0.05) is 11.6 Å². The summed E-state index contributed by atoms with van der Waals surface area (Å²) >= 11 is 6.56. The number of benzene rings is 1. The van der Waals surface area contributed by atoms with E-state index in [1.807, 2.05) is 4.90 Å². The summed E-state index contributed by atoms with van der Waals surface area (Å²) in [6.07, 6.45) is -6.09. The van der Waals surface area contributed by atoms with Crippen molar-refractivity contribution >= 4 is 34.9 Å². The predicted molar refractivity (Wildman–Crippen MR) is 154 cm³/mol. The van der Waals surface area contributed by atoms with Gasteiger partial charge in [0.1, 0.15) is 30.8 Å². The maximum absolute atomic E-state index is 12.8. The second kappa shape index (κ2) is 12.5. The van der Waals surface area contributed by atoms with E-state index in [9.17, 15) is 27.9 Å². The number of carbonyl (C=O) groups is 2. The lowest BCUT2D eigenvalue weighted by Gasteiger charge is -2.53. The number of nitrogens with one attached hydrogen (secondary N) is 1. The Kier molecular flexibility index (Phi) is 9.42. The molecule has 0 aliphatic carbocycles. The third kappa shape index (κ3) is 7.31. The lowest BCUT2D eigenvalue weighted by Crippen LogP contribution is -2.68.